The predicted molar refractivity (Wildman–Crippen MR) is 126 cm³/mol. The average molecular weight is 425 g/mol. The summed E-state index contributed by atoms with van der Waals surface area (Å²) in [6.45, 7) is 4.61. The van der Waals surface area contributed by atoms with Gasteiger partial charge in [0.25, 0.3) is 0 Å². The minimum atomic E-state index is 0.598. The van der Waals surface area contributed by atoms with Crippen LogP contribution in [0.2, 0.25) is 0 Å². The van der Waals surface area contributed by atoms with Crippen LogP contribution >= 0.6 is 11.3 Å². The Bertz CT molecular complexity index is 949. The highest BCUT2D eigenvalue weighted by atomic mass is 32.1. The Labute approximate surface area is 183 Å². The number of hydrogen-bond donors (Lipinski definition) is 2. The lowest BCUT2D eigenvalue weighted by atomic mass is 10.0. The Morgan fingerprint density at radius 3 is 2.83 bits per heavy atom. The minimum absolute atomic E-state index is 0.598. The summed E-state index contributed by atoms with van der Waals surface area (Å²) in [5.74, 6) is 0.904. The van der Waals surface area contributed by atoms with E-state index in [4.69, 9.17) is 15.5 Å². The van der Waals surface area contributed by atoms with Gasteiger partial charge in [-0.1, -0.05) is 24.3 Å². The van der Waals surface area contributed by atoms with Crippen LogP contribution < -0.4 is 15.8 Å². The van der Waals surface area contributed by atoms with Gasteiger partial charge in [0.15, 0.2) is 0 Å². The van der Waals surface area contributed by atoms with E-state index >= 15 is 0 Å². The van der Waals surface area contributed by atoms with Gasteiger partial charge in [-0.15, -0.1) is 11.3 Å². The van der Waals surface area contributed by atoms with Gasteiger partial charge in [-0.25, -0.2) is 4.98 Å². The van der Waals surface area contributed by atoms with Crippen LogP contribution in [0.15, 0.2) is 42.5 Å². The van der Waals surface area contributed by atoms with Crippen molar-refractivity contribution >= 4 is 21.6 Å². The van der Waals surface area contributed by atoms with Gasteiger partial charge in [-0.05, 0) is 76.1 Å². The second kappa shape index (κ2) is 10.4. The van der Waals surface area contributed by atoms with Crippen molar-refractivity contribution in [2.45, 2.75) is 38.3 Å². The van der Waals surface area contributed by atoms with E-state index in [1.165, 1.54) is 36.2 Å². The molecule has 0 spiro atoms. The van der Waals surface area contributed by atoms with Crippen LogP contribution in [0.25, 0.3) is 21.3 Å². The second-order valence-electron chi connectivity index (χ2n) is 8.09. The molecular weight excluding hydrogens is 392 g/mol. The summed E-state index contributed by atoms with van der Waals surface area (Å²) in [7, 11) is 2.20. The van der Waals surface area contributed by atoms with Crippen LogP contribution in [-0.2, 0) is 6.54 Å². The summed E-state index contributed by atoms with van der Waals surface area (Å²) < 4.78 is 7.15. The van der Waals surface area contributed by atoms with Crippen molar-refractivity contribution in [1.82, 2.24) is 15.2 Å². The second-order valence-corrected chi connectivity index (χ2v) is 9.21. The van der Waals surface area contributed by atoms with E-state index in [9.17, 15) is 0 Å². The number of nitrogens with zero attached hydrogens (tertiary/aromatic N) is 2. The molecule has 0 bridgehead atoms. The summed E-state index contributed by atoms with van der Waals surface area (Å²) in [6.07, 6.45) is 4.40. The number of fused-ring (bicyclic) bond motifs is 1. The molecule has 5 nitrogen and oxygen atoms in total. The van der Waals surface area contributed by atoms with Crippen molar-refractivity contribution in [1.29, 1.82) is 0 Å². The highest BCUT2D eigenvalue weighted by molar-refractivity contribution is 7.18. The maximum Gasteiger partial charge on any atom is 0.119 e. The number of thiazole rings is 1. The van der Waals surface area contributed by atoms with Crippen LogP contribution in [0.4, 0.5) is 0 Å². The monoisotopic (exact) mass is 424 g/mol. The van der Waals surface area contributed by atoms with Crippen molar-refractivity contribution in [2.24, 2.45) is 5.73 Å². The first-order valence-electron chi connectivity index (χ1n) is 11.0. The summed E-state index contributed by atoms with van der Waals surface area (Å²) in [5.41, 5.74) is 8.97. The fraction of sp³-hybridized carbons (Fsp3) is 0.458. The van der Waals surface area contributed by atoms with Crippen LogP contribution in [0.5, 0.6) is 5.75 Å². The van der Waals surface area contributed by atoms with Crippen LogP contribution in [0, 0.1) is 0 Å². The summed E-state index contributed by atoms with van der Waals surface area (Å²) in [5, 5.41) is 4.87. The van der Waals surface area contributed by atoms with Crippen molar-refractivity contribution in [2.75, 3.05) is 33.3 Å². The van der Waals surface area contributed by atoms with Gasteiger partial charge in [0.2, 0.25) is 0 Å². The molecule has 0 saturated carbocycles. The maximum atomic E-state index is 5.91. The Balaban J connectivity index is 1.47. The van der Waals surface area contributed by atoms with Gasteiger partial charge in [-0.3, -0.25) is 0 Å². The molecule has 0 aliphatic carbocycles. The van der Waals surface area contributed by atoms with Gasteiger partial charge in [-0.2, -0.15) is 0 Å². The molecule has 1 aliphatic heterocycles. The number of unbranched alkanes of at least 4 members (excludes halogenated alkanes) is 1. The molecule has 1 fully saturated rings. The maximum absolute atomic E-state index is 5.91. The van der Waals surface area contributed by atoms with Gasteiger partial charge < -0.3 is 20.7 Å². The highest BCUT2D eigenvalue weighted by Gasteiger charge is 2.17. The topological polar surface area (TPSA) is 63.4 Å². The molecule has 4 rings (SSSR count). The molecule has 6 heteroatoms. The summed E-state index contributed by atoms with van der Waals surface area (Å²) in [4.78, 5) is 7.40. The van der Waals surface area contributed by atoms with E-state index in [1.54, 1.807) is 11.3 Å². The molecule has 0 atom stereocenters. The summed E-state index contributed by atoms with van der Waals surface area (Å²) >= 11 is 1.79. The Morgan fingerprint density at radius 2 is 2.00 bits per heavy atom. The predicted octanol–water partition coefficient (Wildman–Crippen LogP) is 4.26. The quantitative estimate of drug-likeness (QED) is 0.503. The molecule has 2 aromatic carbocycles. The fourth-order valence-electron chi connectivity index (χ4n) is 3.94. The standard InChI is InChI=1S/C24H32N4OS/c1-28-13-10-19(11-14-28)26-17-23-27-24-21(8-5-9-22(24)30-23)18-6-4-7-20(16-18)29-15-3-2-12-25/h4-9,16,19,26H,2-3,10-15,17,25H2,1H3. The molecule has 1 saturated heterocycles. The Hall–Kier alpha value is -1.99. The third-order valence-corrected chi connectivity index (χ3v) is 6.76. The number of aromatic nitrogens is 1. The average Bonchev–Trinajstić information content (AvgIpc) is 3.20. The van der Waals surface area contributed by atoms with Crippen molar-refractivity contribution < 1.29 is 4.74 Å². The van der Waals surface area contributed by atoms with E-state index in [2.05, 4.69) is 53.7 Å². The number of rotatable bonds is 9. The number of piperidine rings is 1. The number of likely N-dealkylation sites (tertiary alicyclic amines) is 1. The molecule has 1 aliphatic rings. The Kier molecular flexibility index (Phi) is 7.33. The lowest BCUT2D eigenvalue weighted by Gasteiger charge is -2.29. The molecule has 0 unspecified atom stereocenters. The van der Waals surface area contributed by atoms with Crippen LogP contribution in [0.1, 0.15) is 30.7 Å². The number of benzene rings is 2. The van der Waals surface area contributed by atoms with E-state index in [1.807, 2.05) is 6.07 Å². The molecule has 2 heterocycles. The number of ether oxygens (including phenoxy) is 1. The van der Waals surface area contributed by atoms with Crippen LogP contribution in [0.3, 0.4) is 0 Å². The lowest BCUT2D eigenvalue weighted by molar-refractivity contribution is 0.234. The van der Waals surface area contributed by atoms with E-state index in [-0.39, 0.29) is 0 Å². The highest BCUT2D eigenvalue weighted by Crippen LogP contribution is 2.33. The third-order valence-electron chi connectivity index (χ3n) is 5.74. The first kappa shape index (κ1) is 21.2. The largest absolute Gasteiger partial charge is 0.494 e. The molecule has 30 heavy (non-hydrogen) atoms. The SMILES string of the molecule is CN1CCC(NCc2nc3c(-c4cccc(OCCCCN)c4)cccc3s2)CC1. The normalized spacial score (nSPS) is 15.7. The number of para-hydroxylation sites is 1. The Morgan fingerprint density at radius 1 is 1.17 bits per heavy atom. The minimum Gasteiger partial charge on any atom is -0.494 e. The van der Waals surface area contributed by atoms with E-state index < -0.39 is 0 Å². The third kappa shape index (κ3) is 5.38. The summed E-state index contributed by atoms with van der Waals surface area (Å²) in [6, 6.07) is 15.4. The van der Waals surface area contributed by atoms with Gasteiger partial charge in [0, 0.05) is 18.2 Å². The van der Waals surface area contributed by atoms with Crippen molar-refractivity contribution in [3.63, 3.8) is 0 Å². The molecule has 0 radical (unpaired) electrons. The number of nitrogens with two attached hydrogens (primary N) is 1. The van der Waals surface area contributed by atoms with Gasteiger partial charge >= 0.3 is 0 Å². The molecule has 3 aromatic rings. The molecular formula is C24H32N4OS. The fourth-order valence-corrected chi connectivity index (χ4v) is 4.88. The smallest absolute Gasteiger partial charge is 0.119 e. The zero-order chi connectivity index (χ0) is 20.8. The van der Waals surface area contributed by atoms with Crippen molar-refractivity contribution in [3.05, 3.63) is 47.5 Å². The van der Waals surface area contributed by atoms with E-state index in [0.29, 0.717) is 19.2 Å². The number of hydrogen-bond acceptors (Lipinski definition) is 6. The van der Waals surface area contributed by atoms with Gasteiger partial charge in [0.1, 0.15) is 10.8 Å². The molecule has 1 aromatic heterocycles. The zero-order valence-corrected chi connectivity index (χ0v) is 18.6. The molecule has 160 valence electrons. The van der Waals surface area contributed by atoms with Crippen LogP contribution in [-0.4, -0.2) is 49.2 Å². The van der Waals surface area contributed by atoms with Crippen molar-refractivity contribution in [3.8, 4) is 16.9 Å². The first-order valence-corrected chi connectivity index (χ1v) is 11.8. The zero-order valence-electron chi connectivity index (χ0n) is 17.8. The van der Waals surface area contributed by atoms with Gasteiger partial charge in [0.05, 0.1) is 16.8 Å². The molecule has 3 N–H and O–H groups in total. The first-order chi connectivity index (χ1) is 14.7. The van der Waals surface area contributed by atoms with E-state index in [0.717, 1.165) is 41.2 Å². The number of nitrogens with one attached hydrogen (secondary N) is 1. The lowest BCUT2D eigenvalue weighted by Crippen LogP contribution is -2.40. The molecule has 0 amide bonds.